The quantitative estimate of drug-likeness (QED) is 0.877. The molecule has 2 rings (SSSR count). The van der Waals surface area contributed by atoms with Crippen molar-refractivity contribution >= 4 is 11.6 Å². The summed E-state index contributed by atoms with van der Waals surface area (Å²) in [5.41, 5.74) is 9.86. The lowest BCUT2D eigenvalue weighted by atomic mass is 9.86. The van der Waals surface area contributed by atoms with Crippen LogP contribution in [0.2, 0.25) is 5.02 Å². The van der Waals surface area contributed by atoms with Crippen LogP contribution in [0.25, 0.3) is 0 Å². The van der Waals surface area contributed by atoms with Crippen LogP contribution in [0.1, 0.15) is 36.1 Å². The Morgan fingerprint density at radius 1 is 1.35 bits per heavy atom. The molecule has 2 N–H and O–H groups in total. The third kappa shape index (κ3) is 2.49. The van der Waals surface area contributed by atoms with Gasteiger partial charge in [0.15, 0.2) is 0 Å². The number of ether oxygens (including phenoxy) is 1. The van der Waals surface area contributed by atoms with Crippen LogP contribution < -0.4 is 5.73 Å². The molecule has 0 aliphatic carbocycles. The Kier molecular flexibility index (Phi) is 3.76. The summed E-state index contributed by atoms with van der Waals surface area (Å²) in [5.74, 6) is 0.411. The topological polar surface area (TPSA) is 35.2 Å². The molecule has 3 heteroatoms. The first kappa shape index (κ1) is 12.9. The zero-order valence-corrected chi connectivity index (χ0v) is 11.4. The summed E-state index contributed by atoms with van der Waals surface area (Å²) < 4.78 is 5.60. The summed E-state index contributed by atoms with van der Waals surface area (Å²) in [5, 5.41) is 0.814. The van der Waals surface area contributed by atoms with Crippen molar-refractivity contribution in [2.45, 2.75) is 39.3 Å². The van der Waals surface area contributed by atoms with Crippen molar-refractivity contribution in [3.05, 3.63) is 33.8 Å². The van der Waals surface area contributed by atoms with E-state index in [-0.39, 0.29) is 12.1 Å². The van der Waals surface area contributed by atoms with Crippen molar-refractivity contribution in [1.29, 1.82) is 0 Å². The fourth-order valence-electron chi connectivity index (χ4n) is 2.61. The Morgan fingerprint density at radius 2 is 2.06 bits per heavy atom. The lowest BCUT2D eigenvalue weighted by molar-refractivity contribution is 0.0994. The minimum absolute atomic E-state index is 0.0449. The van der Waals surface area contributed by atoms with Crippen LogP contribution in [0.15, 0.2) is 12.1 Å². The Hall–Kier alpha value is -0.570. The molecule has 1 saturated heterocycles. The highest BCUT2D eigenvalue weighted by molar-refractivity contribution is 6.31. The van der Waals surface area contributed by atoms with Gasteiger partial charge in [-0.25, -0.2) is 0 Å². The van der Waals surface area contributed by atoms with E-state index in [1.807, 2.05) is 13.0 Å². The molecule has 1 aromatic rings. The molecule has 0 bridgehead atoms. The van der Waals surface area contributed by atoms with Gasteiger partial charge in [-0.1, -0.05) is 17.7 Å². The third-order valence-electron chi connectivity index (χ3n) is 3.80. The molecule has 0 aromatic heterocycles. The van der Waals surface area contributed by atoms with Gasteiger partial charge in [-0.2, -0.15) is 0 Å². The lowest BCUT2D eigenvalue weighted by Crippen LogP contribution is -2.27. The Bertz CT molecular complexity index is 419. The molecule has 0 amide bonds. The van der Waals surface area contributed by atoms with Crippen molar-refractivity contribution < 1.29 is 4.74 Å². The van der Waals surface area contributed by atoms with E-state index in [9.17, 15) is 0 Å². The molecule has 1 fully saturated rings. The van der Waals surface area contributed by atoms with E-state index in [0.29, 0.717) is 5.92 Å². The fourth-order valence-corrected chi connectivity index (χ4v) is 2.83. The molecule has 1 heterocycles. The van der Waals surface area contributed by atoms with Crippen LogP contribution in [0, 0.1) is 19.8 Å². The van der Waals surface area contributed by atoms with Crippen molar-refractivity contribution in [1.82, 2.24) is 0 Å². The Morgan fingerprint density at radius 3 is 2.65 bits per heavy atom. The van der Waals surface area contributed by atoms with Crippen molar-refractivity contribution in [2.24, 2.45) is 11.7 Å². The predicted octanol–water partition coefficient (Wildman–Crippen LogP) is 3.38. The summed E-state index contributed by atoms with van der Waals surface area (Å²) in [6, 6.07) is 4.17. The summed E-state index contributed by atoms with van der Waals surface area (Å²) in [4.78, 5) is 0. The first-order valence-electron chi connectivity index (χ1n) is 6.14. The second kappa shape index (κ2) is 4.97. The molecule has 1 aromatic carbocycles. The van der Waals surface area contributed by atoms with E-state index in [4.69, 9.17) is 22.1 Å². The molecular weight excluding hydrogens is 234 g/mol. The van der Waals surface area contributed by atoms with Crippen LogP contribution >= 0.6 is 11.6 Å². The highest BCUT2D eigenvalue weighted by atomic mass is 35.5. The van der Waals surface area contributed by atoms with Crippen molar-refractivity contribution in [3.63, 3.8) is 0 Å². The first-order chi connectivity index (χ1) is 8.00. The largest absolute Gasteiger partial charge is 0.378 e. The monoisotopic (exact) mass is 253 g/mol. The molecule has 0 saturated carbocycles. The van der Waals surface area contributed by atoms with E-state index in [0.717, 1.165) is 23.6 Å². The highest BCUT2D eigenvalue weighted by Crippen LogP contribution is 2.34. The third-order valence-corrected chi connectivity index (χ3v) is 4.21. The van der Waals surface area contributed by atoms with Gasteiger partial charge >= 0.3 is 0 Å². The molecule has 1 aliphatic rings. The maximum absolute atomic E-state index is 6.39. The second-order valence-corrected chi connectivity index (χ2v) is 5.42. The Labute approximate surface area is 108 Å². The van der Waals surface area contributed by atoms with Gasteiger partial charge in [0, 0.05) is 23.6 Å². The maximum Gasteiger partial charge on any atom is 0.0594 e. The highest BCUT2D eigenvalue weighted by Gasteiger charge is 2.31. The van der Waals surface area contributed by atoms with Gasteiger partial charge in [0.25, 0.3) is 0 Å². The second-order valence-electron chi connectivity index (χ2n) is 5.01. The number of hydrogen-bond donors (Lipinski definition) is 1. The van der Waals surface area contributed by atoms with Gasteiger partial charge in [-0.15, -0.1) is 0 Å². The van der Waals surface area contributed by atoms with E-state index < -0.39 is 0 Å². The van der Waals surface area contributed by atoms with E-state index in [1.165, 1.54) is 11.1 Å². The van der Waals surface area contributed by atoms with E-state index >= 15 is 0 Å². The van der Waals surface area contributed by atoms with Crippen LogP contribution in [0.5, 0.6) is 0 Å². The van der Waals surface area contributed by atoms with Gasteiger partial charge in [-0.3, -0.25) is 0 Å². The van der Waals surface area contributed by atoms with Gasteiger partial charge in [0.05, 0.1) is 6.10 Å². The molecule has 2 nitrogen and oxygen atoms in total. The summed E-state index contributed by atoms with van der Waals surface area (Å²) in [7, 11) is 0. The van der Waals surface area contributed by atoms with Gasteiger partial charge < -0.3 is 10.5 Å². The average Bonchev–Trinajstić information content (AvgIpc) is 2.69. The summed E-state index contributed by atoms with van der Waals surface area (Å²) in [6.07, 6.45) is 1.30. The number of halogens is 1. The molecule has 17 heavy (non-hydrogen) atoms. The van der Waals surface area contributed by atoms with Crippen LogP contribution in [0.4, 0.5) is 0 Å². The standard InChI is InChI=1S/C14H20ClNO/c1-8-7-13(15)9(2)6-12(8)14(16)11-4-5-17-10(11)3/h6-7,10-11,14H,4-5,16H2,1-3H3. The SMILES string of the molecule is Cc1cc(C(N)C2CCOC2C)c(C)cc1Cl. The minimum Gasteiger partial charge on any atom is -0.378 e. The number of hydrogen-bond acceptors (Lipinski definition) is 2. The van der Waals surface area contributed by atoms with Crippen molar-refractivity contribution in [3.8, 4) is 0 Å². The number of benzene rings is 1. The van der Waals surface area contributed by atoms with E-state index in [2.05, 4.69) is 19.9 Å². The van der Waals surface area contributed by atoms with Gasteiger partial charge in [0.1, 0.15) is 0 Å². The van der Waals surface area contributed by atoms with Crippen LogP contribution in [-0.2, 0) is 4.74 Å². The van der Waals surface area contributed by atoms with Crippen LogP contribution in [-0.4, -0.2) is 12.7 Å². The molecule has 0 radical (unpaired) electrons. The molecule has 1 aliphatic heterocycles. The summed E-state index contributed by atoms with van der Waals surface area (Å²) in [6.45, 7) is 7.02. The number of aryl methyl sites for hydroxylation is 2. The Balaban J connectivity index is 2.30. The number of nitrogens with two attached hydrogens (primary N) is 1. The molecule has 94 valence electrons. The first-order valence-corrected chi connectivity index (χ1v) is 6.52. The van der Waals surface area contributed by atoms with E-state index in [1.54, 1.807) is 0 Å². The smallest absolute Gasteiger partial charge is 0.0594 e. The van der Waals surface area contributed by atoms with Crippen molar-refractivity contribution in [2.75, 3.05) is 6.61 Å². The zero-order chi connectivity index (χ0) is 12.6. The normalized spacial score (nSPS) is 26.2. The number of rotatable bonds is 2. The minimum atomic E-state index is 0.0449. The molecule has 3 atom stereocenters. The maximum atomic E-state index is 6.39. The van der Waals surface area contributed by atoms with Gasteiger partial charge in [0.2, 0.25) is 0 Å². The molecule has 3 unspecified atom stereocenters. The lowest BCUT2D eigenvalue weighted by Gasteiger charge is -2.24. The summed E-state index contributed by atoms with van der Waals surface area (Å²) >= 11 is 6.11. The molecule has 0 spiro atoms. The van der Waals surface area contributed by atoms with Gasteiger partial charge in [-0.05, 0) is 49.9 Å². The fraction of sp³-hybridized carbons (Fsp3) is 0.571. The van der Waals surface area contributed by atoms with Crippen LogP contribution in [0.3, 0.4) is 0 Å². The zero-order valence-electron chi connectivity index (χ0n) is 10.7. The average molecular weight is 254 g/mol. The molecular formula is C14H20ClNO. The predicted molar refractivity (Wildman–Crippen MR) is 71.4 cm³/mol.